The zero-order chi connectivity index (χ0) is 83.4. The van der Waals surface area contributed by atoms with Crippen molar-refractivity contribution in [2.75, 3.05) is 14.7 Å². The molecule has 27 rings (SSSR count). The lowest BCUT2D eigenvalue weighted by Crippen LogP contribution is -2.57. The van der Waals surface area contributed by atoms with Gasteiger partial charge < -0.3 is 47.9 Å². The molecule has 0 aliphatic carbocycles. The monoisotopic (exact) mass is 1660 g/mol. The summed E-state index contributed by atoms with van der Waals surface area (Å²) in [5, 5.41) is 0. The molecule has 0 unspecified atom stereocenters. The van der Waals surface area contributed by atoms with Gasteiger partial charge >= 0.3 is 0 Å². The number of benzene rings is 18. The van der Waals surface area contributed by atoms with Gasteiger partial charge in [0.15, 0.2) is 11.5 Å². The summed E-state index contributed by atoms with van der Waals surface area (Å²) in [4.78, 5) is 12.1. The molecule has 126 heavy (non-hydrogen) atoms. The Kier molecular flexibility index (Phi) is 17.3. The predicted octanol–water partition coefficient (Wildman–Crippen LogP) is 24.6. The maximum absolute atomic E-state index is 6.55. The van der Waals surface area contributed by atoms with Crippen molar-refractivity contribution < 1.29 is 33.2 Å². The van der Waals surface area contributed by atoms with E-state index in [-0.39, 0.29) is 20.1 Å². The van der Waals surface area contributed by atoms with Crippen LogP contribution < -0.4 is 97.0 Å². The van der Waals surface area contributed by atoms with Crippen molar-refractivity contribution in [1.82, 2.24) is 0 Å². The van der Waals surface area contributed by atoms with Gasteiger partial charge in [-0.3, -0.25) is 0 Å². The van der Waals surface area contributed by atoms with E-state index in [1.807, 2.05) is 84.2 Å². The second-order valence-corrected chi connectivity index (χ2v) is 35.1. The molecule has 0 aromatic heterocycles. The highest BCUT2D eigenvalue weighted by Crippen LogP contribution is 2.56. The number of hydrogen-bond donors (Lipinski definition) is 0. The molecule has 0 saturated heterocycles. The molecular weight excluding hydrogens is 1580 g/mol. The molecule has 0 bridgehead atoms. The minimum Gasteiger partial charge on any atom is -0.458 e. The van der Waals surface area contributed by atoms with Crippen molar-refractivity contribution in [2.24, 2.45) is 0 Å². The van der Waals surface area contributed by atoms with Crippen LogP contribution in [0.15, 0.2) is 402 Å². The zero-order valence-corrected chi connectivity index (χ0v) is 70.3. The lowest BCUT2D eigenvalue weighted by atomic mass is 9.35. The molecule has 0 amide bonds. The van der Waals surface area contributed by atoms with Crippen LogP contribution in [0.1, 0.15) is 16.7 Å². The highest BCUT2D eigenvalue weighted by atomic mass is 32.2. The van der Waals surface area contributed by atoms with E-state index >= 15 is 0 Å². The average molecular weight is 1660 g/mol. The maximum Gasteiger partial charge on any atom is 0.260 e. The first-order valence-electron chi connectivity index (χ1n) is 42.6. The van der Waals surface area contributed by atoms with Gasteiger partial charge in [0, 0.05) is 53.0 Å². The highest BCUT2D eigenvalue weighted by molar-refractivity contribution is 8.00. The summed E-state index contributed by atoms with van der Waals surface area (Å²) in [5.74, 6) is 12.2. The van der Waals surface area contributed by atoms with E-state index < -0.39 is 0 Å². The van der Waals surface area contributed by atoms with Gasteiger partial charge in [-0.2, -0.15) is 0 Å². The number of para-hydroxylation sites is 14. The molecule has 0 N–H and O–H groups in total. The van der Waals surface area contributed by atoms with Gasteiger partial charge in [-0.05, 0) is 286 Å². The first-order valence-corrected chi connectivity index (χ1v) is 44.3. The normalized spacial score (nSPS) is 13.5. The molecule has 9 aliphatic rings. The topological polar surface area (TPSA) is 74.3 Å². The van der Waals surface area contributed by atoms with Crippen molar-refractivity contribution in [3.05, 3.63) is 399 Å². The Morgan fingerprint density at radius 2 is 0.452 bits per heavy atom. The number of anilines is 9. The molecule has 594 valence electrons. The van der Waals surface area contributed by atoms with E-state index in [2.05, 4.69) is 357 Å². The van der Waals surface area contributed by atoms with Crippen LogP contribution in [0.3, 0.4) is 0 Å². The molecule has 18 aromatic rings. The molecule has 0 saturated carbocycles. The van der Waals surface area contributed by atoms with E-state index in [1.165, 1.54) is 91.9 Å². The van der Waals surface area contributed by atoms with Crippen molar-refractivity contribution in [3.8, 4) is 114 Å². The number of nitrogens with zero attached hydrogens (tertiary/aromatic N) is 3. The van der Waals surface area contributed by atoms with Crippen LogP contribution in [0.2, 0.25) is 0 Å². The third-order valence-electron chi connectivity index (χ3n) is 25.5. The molecule has 15 heteroatoms. The Morgan fingerprint density at radius 3 is 0.770 bits per heavy atom. The molecule has 10 nitrogen and oxygen atoms in total. The number of rotatable bonds is 6. The van der Waals surface area contributed by atoms with Crippen LogP contribution in [0, 0.1) is 20.8 Å². The van der Waals surface area contributed by atoms with Gasteiger partial charge in [0.25, 0.3) is 20.1 Å². The lowest BCUT2D eigenvalue weighted by molar-refractivity contribution is 0.464. The fourth-order valence-corrected chi connectivity index (χ4v) is 22.0. The first-order chi connectivity index (χ1) is 62.2. The maximum atomic E-state index is 6.55. The summed E-state index contributed by atoms with van der Waals surface area (Å²) in [7, 11) is 0. The van der Waals surface area contributed by atoms with Crippen molar-refractivity contribution >= 4 is 144 Å². The van der Waals surface area contributed by atoms with Gasteiger partial charge in [0.2, 0.25) is 0 Å². The van der Waals surface area contributed by atoms with Crippen LogP contribution in [0.25, 0.3) is 33.4 Å². The Morgan fingerprint density at radius 1 is 0.190 bits per heavy atom. The van der Waals surface area contributed by atoms with Crippen LogP contribution in [0.4, 0.5) is 51.2 Å². The molecular formula is C111H72B3N3O7S2. The Bertz CT molecular complexity index is 6980. The van der Waals surface area contributed by atoms with Gasteiger partial charge in [-0.25, -0.2) is 0 Å². The summed E-state index contributed by atoms with van der Waals surface area (Å²) >= 11 is 3.66. The van der Waals surface area contributed by atoms with Crippen LogP contribution in [-0.4, -0.2) is 20.1 Å². The van der Waals surface area contributed by atoms with E-state index in [0.717, 1.165) is 159 Å². The second kappa shape index (κ2) is 29.6. The quantitative estimate of drug-likeness (QED) is 0.149. The summed E-state index contributed by atoms with van der Waals surface area (Å²) < 4.78 is 45.5. The Labute approximate surface area is 739 Å². The van der Waals surface area contributed by atoms with E-state index in [1.54, 1.807) is 0 Å². The SMILES string of the molecule is Cc1cc(-c2cc3c4c(c2)Oc2ccccc2B4c2ccccc2O3)ccc1N1c2ccccc2Oc2ccccc21.Cc1cc(-c2cc3c4c(c2)Oc2ccccc2B4c2ccccc2O3)ccc1N1c2ccccc2Sc2ccccc21.Cc1cc(N2c3ccccc3Sc3ccccc32)ccc1-c1cc2c3c(c1)Oc1ccccc1B3c1ccccc1O2. The van der Waals surface area contributed by atoms with Crippen LogP contribution in [-0.2, 0) is 0 Å². The summed E-state index contributed by atoms with van der Waals surface area (Å²) in [6.07, 6.45) is 0. The van der Waals surface area contributed by atoms with Crippen LogP contribution >= 0.6 is 23.5 Å². The molecule has 0 atom stereocenters. The molecule has 0 radical (unpaired) electrons. The number of hydrogen-bond acceptors (Lipinski definition) is 12. The summed E-state index contributed by atoms with van der Waals surface area (Å²) in [5.41, 5.74) is 30.8. The molecule has 9 aliphatic heterocycles. The lowest BCUT2D eigenvalue weighted by Gasteiger charge is -2.34. The predicted molar refractivity (Wildman–Crippen MR) is 515 cm³/mol. The third-order valence-corrected chi connectivity index (χ3v) is 27.8. The number of fused-ring (bicyclic) bond motifs is 18. The van der Waals surface area contributed by atoms with E-state index in [4.69, 9.17) is 33.2 Å². The summed E-state index contributed by atoms with van der Waals surface area (Å²) in [6.45, 7) is 6.79. The number of aryl methyl sites for hydroxylation is 3. The fourth-order valence-electron chi connectivity index (χ4n) is 19.9. The van der Waals surface area contributed by atoms with Gasteiger partial charge in [-0.1, -0.05) is 224 Å². The smallest absolute Gasteiger partial charge is 0.260 e. The second-order valence-electron chi connectivity index (χ2n) is 32.9. The molecule has 0 spiro atoms. The van der Waals surface area contributed by atoms with E-state index in [0.29, 0.717) is 0 Å². The first kappa shape index (κ1) is 73.6. The van der Waals surface area contributed by atoms with Gasteiger partial charge in [-0.15, -0.1) is 0 Å². The molecule has 9 heterocycles. The zero-order valence-electron chi connectivity index (χ0n) is 68.6. The molecule has 0 fully saturated rings. The minimum atomic E-state index is 0.0736. The number of ether oxygens (including phenoxy) is 7. The standard InChI is InChI=1S/C37H24BNO3.2C37H24BNO2S/c1-23-20-24(18-19-28(23)39-29-12-4-8-16-33(29)42-34-17-9-5-13-30(34)39)25-21-35-37-36(22-25)41-32-15-7-3-11-27(32)38(37)26-10-2-6-14-31(26)40-35;1-23-20-25(39-29-12-4-8-16-35(29)42-36-17-9-5-13-30(36)39)18-19-26(23)24-21-33-37-34(22-24)41-32-15-7-3-11-28(32)38(37)27-10-2-6-14-31(27)40-33;1-23-20-24(18-19-28(23)39-29-12-4-8-16-35(29)42-36-17-9-5-13-30(36)39)25-21-33-37-34(22-25)41-32-15-7-3-11-27(32)38(37)26-10-2-6-14-31(26)40-33/h3*2-22H,1H3. The average Bonchev–Trinajstić information content (AvgIpc) is 0.730. The van der Waals surface area contributed by atoms with Crippen molar-refractivity contribution in [2.45, 2.75) is 40.4 Å². The summed E-state index contributed by atoms with van der Waals surface area (Å²) in [6, 6.07) is 134. The largest absolute Gasteiger partial charge is 0.458 e. The van der Waals surface area contributed by atoms with Crippen molar-refractivity contribution in [1.29, 1.82) is 0 Å². The van der Waals surface area contributed by atoms with Gasteiger partial charge in [0.1, 0.15) is 69.0 Å². The highest BCUT2D eigenvalue weighted by Gasteiger charge is 2.45. The minimum absolute atomic E-state index is 0.0736. The fraction of sp³-hybridized carbons (Fsp3) is 0.0270. The van der Waals surface area contributed by atoms with Crippen molar-refractivity contribution in [3.63, 3.8) is 0 Å². The third kappa shape index (κ3) is 12.1. The molecule has 18 aromatic carbocycles. The Balaban J connectivity index is 0.000000103. The Hall–Kier alpha value is -15.1. The van der Waals surface area contributed by atoms with Gasteiger partial charge in [0.05, 0.1) is 34.1 Å². The van der Waals surface area contributed by atoms with E-state index in [9.17, 15) is 0 Å². The van der Waals surface area contributed by atoms with Crippen LogP contribution in [0.5, 0.6) is 80.5 Å².